The fourth-order valence-electron chi connectivity index (χ4n) is 1.44. The molecule has 0 saturated heterocycles. The summed E-state index contributed by atoms with van der Waals surface area (Å²) >= 11 is 6.06. The Labute approximate surface area is 107 Å². The minimum atomic E-state index is -0.582. The molecule has 1 aromatic carbocycles. The second kappa shape index (κ2) is 5.41. The summed E-state index contributed by atoms with van der Waals surface area (Å²) in [5.74, 6) is -0.242. The third kappa shape index (κ3) is 3.63. The zero-order valence-electron chi connectivity index (χ0n) is 10.6. The van der Waals surface area contributed by atoms with Crippen molar-refractivity contribution in [3.63, 3.8) is 0 Å². The van der Waals surface area contributed by atoms with Crippen LogP contribution in [0.25, 0.3) is 0 Å². The van der Waals surface area contributed by atoms with Crippen molar-refractivity contribution in [2.75, 3.05) is 19.0 Å². The molecule has 94 valence electrons. The maximum atomic E-state index is 11.5. The minimum absolute atomic E-state index is 0.242. The van der Waals surface area contributed by atoms with Gasteiger partial charge in [0, 0.05) is 6.54 Å². The van der Waals surface area contributed by atoms with Crippen LogP contribution in [-0.4, -0.2) is 19.6 Å². The summed E-state index contributed by atoms with van der Waals surface area (Å²) in [5.41, 5.74) is 1.37. The van der Waals surface area contributed by atoms with Crippen molar-refractivity contribution >= 4 is 23.3 Å². The van der Waals surface area contributed by atoms with E-state index in [-0.39, 0.29) is 5.97 Å². The van der Waals surface area contributed by atoms with Gasteiger partial charge in [0.15, 0.2) is 0 Å². The van der Waals surface area contributed by atoms with Gasteiger partial charge < -0.3 is 10.1 Å². The molecular weight excluding hydrogens is 238 g/mol. The molecule has 0 bridgehead atoms. The molecule has 0 heterocycles. The van der Waals surface area contributed by atoms with Gasteiger partial charge in [0.05, 0.1) is 23.2 Å². The molecule has 0 radical (unpaired) electrons. The van der Waals surface area contributed by atoms with Crippen molar-refractivity contribution in [3.05, 3.63) is 28.8 Å². The molecule has 0 aliphatic carbocycles. The number of hydrogen-bond acceptors (Lipinski definition) is 3. The quantitative estimate of drug-likeness (QED) is 0.840. The third-order valence-electron chi connectivity index (χ3n) is 2.58. The normalized spacial score (nSPS) is 11.1. The van der Waals surface area contributed by atoms with Crippen LogP contribution in [0.3, 0.4) is 0 Å². The van der Waals surface area contributed by atoms with Gasteiger partial charge in [-0.1, -0.05) is 17.7 Å². The van der Waals surface area contributed by atoms with E-state index in [9.17, 15) is 4.79 Å². The molecule has 0 fully saturated rings. The molecule has 0 aliphatic heterocycles. The Morgan fingerprint density at radius 1 is 1.47 bits per heavy atom. The van der Waals surface area contributed by atoms with Crippen molar-refractivity contribution in [2.45, 2.75) is 20.8 Å². The molecule has 0 saturated carbocycles. The Morgan fingerprint density at radius 3 is 2.71 bits per heavy atom. The van der Waals surface area contributed by atoms with Crippen molar-refractivity contribution in [2.24, 2.45) is 5.41 Å². The van der Waals surface area contributed by atoms with Crippen molar-refractivity contribution in [1.29, 1.82) is 0 Å². The highest BCUT2D eigenvalue weighted by Gasteiger charge is 2.28. The molecule has 0 aromatic heterocycles. The van der Waals surface area contributed by atoms with Crippen LogP contribution in [0.15, 0.2) is 18.2 Å². The monoisotopic (exact) mass is 255 g/mol. The van der Waals surface area contributed by atoms with Gasteiger partial charge in [-0.15, -0.1) is 0 Å². The molecule has 1 aromatic rings. The van der Waals surface area contributed by atoms with Crippen LogP contribution >= 0.6 is 11.6 Å². The van der Waals surface area contributed by atoms with Gasteiger partial charge >= 0.3 is 5.97 Å². The summed E-state index contributed by atoms with van der Waals surface area (Å²) in [4.78, 5) is 11.5. The van der Waals surface area contributed by atoms with Crippen LogP contribution in [0.1, 0.15) is 19.4 Å². The van der Waals surface area contributed by atoms with Gasteiger partial charge in [-0.05, 0) is 38.5 Å². The van der Waals surface area contributed by atoms with Crippen LogP contribution in [0, 0.1) is 12.3 Å². The van der Waals surface area contributed by atoms with E-state index in [1.54, 1.807) is 0 Å². The maximum Gasteiger partial charge on any atom is 0.313 e. The third-order valence-corrected chi connectivity index (χ3v) is 2.91. The number of methoxy groups -OCH3 is 1. The van der Waals surface area contributed by atoms with Crippen molar-refractivity contribution in [3.8, 4) is 0 Å². The van der Waals surface area contributed by atoms with Crippen LogP contribution in [0.2, 0.25) is 5.02 Å². The van der Waals surface area contributed by atoms with Crippen LogP contribution in [0.4, 0.5) is 5.69 Å². The smallest absolute Gasteiger partial charge is 0.313 e. The zero-order valence-corrected chi connectivity index (χ0v) is 11.4. The van der Waals surface area contributed by atoms with Crippen molar-refractivity contribution in [1.82, 2.24) is 0 Å². The van der Waals surface area contributed by atoms with E-state index in [2.05, 4.69) is 5.32 Å². The summed E-state index contributed by atoms with van der Waals surface area (Å²) in [6.45, 7) is 6.13. The highest BCUT2D eigenvalue weighted by atomic mass is 35.5. The lowest BCUT2D eigenvalue weighted by molar-refractivity contribution is -0.149. The zero-order chi connectivity index (χ0) is 13.1. The molecule has 1 rings (SSSR count). The molecular formula is C13H18ClNO2. The van der Waals surface area contributed by atoms with Crippen molar-refractivity contribution < 1.29 is 9.53 Å². The van der Waals surface area contributed by atoms with E-state index >= 15 is 0 Å². The summed E-state index contributed by atoms with van der Waals surface area (Å²) in [7, 11) is 1.39. The molecule has 17 heavy (non-hydrogen) atoms. The molecule has 0 aliphatic rings. The molecule has 0 amide bonds. The highest BCUT2D eigenvalue weighted by Crippen LogP contribution is 2.25. The standard InChI is InChI=1S/C13H18ClNO2/c1-9-5-6-10(14)11(7-9)15-8-13(2,3)12(16)17-4/h5-7,15H,8H2,1-4H3. The first kappa shape index (κ1) is 13.8. The van der Waals surface area contributed by atoms with Gasteiger partial charge in [0.2, 0.25) is 0 Å². The number of anilines is 1. The number of aryl methyl sites for hydroxylation is 1. The topological polar surface area (TPSA) is 38.3 Å². The number of carbonyl (C=O) groups excluding carboxylic acids is 1. The first-order valence-corrected chi connectivity index (χ1v) is 5.83. The molecule has 0 spiro atoms. The molecule has 0 atom stereocenters. The Kier molecular flexibility index (Phi) is 4.40. The summed E-state index contributed by atoms with van der Waals surface area (Å²) in [6.07, 6.45) is 0. The van der Waals surface area contributed by atoms with E-state index in [4.69, 9.17) is 16.3 Å². The van der Waals surface area contributed by atoms with Gasteiger partial charge in [0.1, 0.15) is 0 Å². The molecule has 3 nitrogen and oxygen atoms in total. The Morgan fingerprint density at radius 2 is 2.12 bits per heavy atom. The van der Waals surface area contributed by atoms with Gasteiger partial charge in [0.25, 0.3) is 0 Å². The summed E-state index contributed by atoms with van der Waals surface area (Å²) in [5, 5.41) is 3.83. The average molecular weight is 256 g/mol. The van der Waals surface area contributed by atoms with E-state index in [1.807, 2.05) is 39.0 Å². The van der Waals surface area contributed by atoms with Crippen LogP contribution < -0.4 is 5.32 Å². The number of rotatable bonds is 4. The van der Waals surface area contributed by atoms with E-state index < -0.39 is 5.41 Å². The SMILES string of the molecule is COC(=O)C(C)(C)CNc1cc(C)ccc1Cl. The first-order valence-electron chi connectivity index (χ1n) is 5.45. The number of nitrogens with one attached hydrogen (secondary N) is 1. The second-order valence-electron chi connectivity index (χ2n) is 4.71. The summed E-state index contributed by atoms with van der Waals surface area (Å²) < 4.78 is 4.75. The fraction of sp³-hybridized carbons (Fsp3) is 0.462. The number of benzene rings is 1. The average Bonchev–Trinajstić information content (AvgIpc) is 2.29. The molecule has 0 unspecified atom stereocenters. The number of esters is 1. The van der Waals surface area contributed by atoms with E-state index in [0.29, 0.717) is 11.6 Å². The minimum Gasteiger partial charge on any atom is -0.469 e. The van der Waals surface area contributed by atoms with Crippen LogP contribution in [-0.2, 0) is 9.53 Å². The lowest BCUT2D eigenvalue weighted by Crippen LogP contribution is -2.33. The molecule has 4 heteroatoms. The predicted octanol–water partition coefficient (Wildman–Crippen LogP) is 3.26. The summed E-state index contributed by atoms with van der Waals surface area (Å²) in [6, 6.07) is 5.74. The number of carbonyl (C=O) groups is 1. The van der Waals surface area contributed by atoms with E-state index in [0.717, 1.165) is 11.3 Å². The maximum absolute atomic E-state index is 11.5. The lowest BCUT2D eigenvalue weighted by Gasteiger charge is -2.22. The lowest BCUT2D eigenvalue weighted by atomic mass is 9.93. The molecule has 1 N–H and O–H groups in total. The Hall–Kier alpha value is -1.22. The van der Waals surface area contributed by atoms with E-state index in [1.165, 1.54) is 7.11 Å². The van der Waals surface area contributed by atoms with Gasteiger partial charge in [-0.3, -0.25) is 4.79 Å². The number of ether oxygens (including phenoxy) is 1. The highest BCUT2D eigenvalue weighted by molar-refractivity contribution is 6.33. The first-order chi connectivity index (χ1) is 7.86. The van der Waals surface area contributed by atoms with Gasteiger partial charge in [-0.2, -0.15) is 0 Å². The largest absolute Gasteiger partial charge is 0.469 e. The number of halogens is 1. The predicted molar refractivity (Wildman–Crippen MR) is 70.5 cm³/mol. The van der Waals surface area contributed by atoms with Crippen LogP contribution in [0.5, 0.6) is 0 Å². The second-order valence-corrected chi connectivity index (χ2v) is 5.12. The fourth-order valence-corrected chi connectivity index (χ4v) is 1.62. The number of hydrogen-bond donors (Lipinski definition) is 1. The van der Waals surface area contributed by atoms with Gasteiger partial charge in [-0.25, -0.2) is 0 Å². The Bertz CT molecular complexity index is 416. The Balaban J connectivity index is 2.73.